The van der Waals surface area contributed by atoms with Gasteiger partial charge in [0.05, 0.1) is 28.8 Å². The number of halogens is 3. The summed E-state index contributed by atoms with van der Waals surface area (Å²) in [6, 6.07) is 9.39. The van der Waals surface area contributed by atoms with Crippen LogP contribution in [0.5, 0.6) is 0 Å². The summed E-state index contributed by atoms with van der Waals surface area (Å²) in [4.78, 5) is 26.1. The molecule has 0 bridgehead atoms. The van der Waals surface area contributed by atoms with E-state index in [1.54, 1.807) is 42.2 Å². The number of hydrogen-bond donors (Lipinski definition) is 2. The van der Waals surface area contributed by atoms with Gasteiger partial charge < -0.3 is 10.6 Å². The smallest absolute Gasteiger partial charge is 0.238 e. The third-order valence-electron chi connectivity index (χ3n) is 3.86. The van der Waals surface area contributed by atoms with Crippen molar-refractivity contribution in [3.8, 4) is 0 Å². The second-order valence-corrected chi connectivity index (χ2v) is 6.77. The molecule has 0 aromatic heterocycles. The highest BCUT2D eigenvalue weighted by Gasteiger charge is 2.16. The number of carbonyl (C=O) groups is 2. The lowest BCUT2D eigenvalue weighted by molar-refractivity contribution is -0.119. The summed E-state index contributed by atoms with van der Waals surface area (Å²) in [6.07, 6.45) is 0. The Balaban J connectivity index is 1.93. The lowest BCUT2D eigenvalue weighted by Crippen LogP contribution is -2.38. The Bertz CT molecular complexity index is 825. The molecule has 2 aromatic carbocycles. The van der Waals surface area contributed by atoms with Crippen molar-refractivity contribution < 1.29 is 14.0 Å². The quantitative estimate of drug-likeness (QED) is 0.711. The molecule has 0 radical (unpaired) electrons. The second-order valence-electron chi connectivity index (χ2n) is 5.96. The Morgan fingerprint density at radius 3 is 2.19 bits per heavy atom. The van der Waals surface area contributed by atoms with Crippen LogP contribution in [0.3, 0.4) is 0 Å². The van der Waals surface area contributed by atoms with Gasteiger partial charge in [-0.3, -0.25) is 14.5 Å². The van der Waals surface area contributed by atoms with E-state index in [1.165, 1.54) is 6.07 Å². The number of benzene rings is 2. The first kappa shape index (κ1) is 21.2. The number of aryl methyl sites for hydroxylation is 1. The SMILES string of the molecule is CCN(CC(=O)Nc1ccc(C)c(F)c1)CC(=O)Nc1c(Cl)cccc1Cl. The van der Waals surface area contributed by atoms with Gasteiger partial charge in [0, 0.05) is 5.69 Å². The molecule has 0 aliphatic heterocycles. The van der Waals surface area contributed by atoms with Crippen LogP contribution in [0.4, 0.5) is 15.8 Å². The molecule has 2 rings (SSSR count). The molecule has 0 heterocycles. The molecule has 0 fully saturated rings. The van der Waals surface area contributed by atoms with Crippen LogP contribution in [-0.4, -0.2) is 36.3 Å². The van der Waals surface area contributed by atoms with Crippen molar-refractivity contribution in [2.24, 2.45) is 0 Å². The van der Waals surface area contributed by atoms with Crippen molar-refractivity contribution in [3.05, 3.63) is 57.8 Å². The van der Waals surface area contributed by atoms with Crippen LogP contribution in [-0.2, 0) is 9.59 Å². The number of nitrogens with one attached hydrogen (secondary N) is 2. The fourth-order valence-electron chi connectivity index (χ4n) is 2.35. The van der Waals surface area contributed by atoms with Gasteiger partial charge in [-0.15, -0.1) is 0 Å². The molecule has 0 atom stereocenters. The second kappa shape index (κ2) is 9.69. The van der Waals surface area contributed by atoms with E-state index in [4.69, 9.17) is 23.2 Å². The van der Waals surface area contributed by atoms with Crippen molar-refractivity contribution in [2.45, 2.75) is 13.8 Å². The van der Waals surface area contributed by atoms with E-state index in [-0.39, 0.29) is 24.9 Å². The highest BCUT2D eigenvalue weighted by molar-refractivity contribution is 6.39. The molecule has 0 saturated heterocycles. The van der Waals surface area contributed by atoms with Crippen molar-refractivity contribution >= 4 is 46.4 Å². The Morgan fingerprint density at radius 1 is 1.04 bits per heavy atom. The maximum absolute atomic E-state index is 13.6. The molecule has 0 aliphatic rings. The largest absolute Gasteiger partial charge is 0.325 e. The van der Waals surface area contributed by atoms with Gasteiger partial charge in [0.25, 0.3) is 0 Å². The molecule has 0 aliphatic carbocycles. The minimum atomic E-state index is -0.392. The van der Waals surface area contributed by atoms with Crippen LogP contribution < -0.4 is 10.6 Å². The number of anilines is 2. The summed E-state index contributed by atoms with van der Waals surface area (Å²) in [5.41, 5.74) is 1.20. The number of hydrogen-bond acceptors (Lipinski definition) is 3. The number of amides is 2. The predicted molar refractivity (Wildman–Crippen MR) is 107 cm³/mol. The zero-order valence-electron chi connectivity index (χ0n) is 15.0. The van der Waals surface area contributed by atoms with Crippen LogP contribution in [0.25, 0.3) is 0 Å². The molecule has 8 heteroatoms. The van der Waals surface area contributed by atoms with Gasteiger partial charge in [-0.25, -0.2) is 4.39 Å². The molecule has 5 nitrogen and oxygen atoms in total. The molecule has 0 saturated carbocycles. The minimum absolute atomic E-state index is 0.0182. The normalized spacial score (nSPS) is 10.7. The van der Waals surface area contributed by atoms with Crippen molar-refractivity contribution in [1.82, 2.24) is 4.90 Å². The Labute approximate surface area is 167 Å². The zero-order valence-corrected chi connectivity index (χ0v) is 16.5. The number of likely N-dealkylation sites (N-methyl/N-ethyl adjacent to an activating group) is 1. The van der Waals surface area contributed by atoms with Gasteiger partial charge >= 0.3 is 0 Å². The molecule has 0 unspecified atom stereocenters. The Hall–Kier alpha value is -2.15. The lowest BCUT2D eigenvalue weighted by atomic mass is 10.2. The first-order chi connectivity index (χ1) is 12.8. The van der Waals surface area contributed by atoms with Crippen LogP contribution in [0, 0.1) is 12.7 Å². The maximum atomic E-state index is 13.6. The summed E-state index contributed by atoms with van der Waals surface area (Å²) in [5, 5.41) is 5.94. The monoisotopic (exact) mass is 411 g/mol. The van der Waals surface area contributed by atoms with E-state index in [2.05, 4.69) is 10.6 Å². The first-order valence-electron chi connectivity index (χ1n) is 8.32. The molecule has 27 heavy (non-hydrogen) atoms. The third kappa shape index (κ3) is 6.20. The Kier molecular flexibility index (Phi) is 7.59. The fraction of sp³-hybridized carbons (Fsp3) is 0.263. The summed E-state index contributed by atoms with van der Waals surface area (Å²) >= 11 is 12.1. The minimum Gasteiger partial charge on any atom is -0.325 e. The van der Waals surface area contributed by atoms with E-state index in [0.717, 1.165) is 0 Å². The first-order valence-corrected chi connectivity index (χ1v) is 9.08. The average Bonchev–Trinajstić information content (AvgIpc) is 2.61. The predicted octanol–water partition coefficient (Wildman–Crippen LogP) is 4.34. The van der Waals surface area contributed by atoms with E-state index < -0.39 is 5.82 Å². The number of carbonyl (C=O) groups excluding carboxylic acids is 2. The van der Waals surface area contributed by atoms with Crippen molar-refractivity contribution in [3.63, 3.8) is 0 Å². The van der Waals surface area contributed by atoms with Gasteiger partial charge in [0.15, 0.2) is 0 Å². The van der Waals surface area contributed by atoms with E-state index in [9.17, 15) is 14.0 Å². The zero-order chi connectivity index (χ0) is 20.0. The molecule has 144 valence electrons. The van der Waals surface area contributed by atoms with Gasteiger partial charge in [0.2, 0.25) is 11.8 Å². The molecule has 2 aromatic rings. The van der Waals surface area contributed by atoms with E-state index in [1.807, 2.05) is 6.92 Å². The van der Waals surface area contributed by atoms with Crippen LogP contribution in [0.15, 0.2) is 36.4 Å². The topological polar surface area (TPSA) is 61.4 Å². The van der Waals surface area contributed by atoms with Gasteiger partial charge in [-0.05, 0) is 43.3 Å². The summed E-state index contributed by atoms with van der Waals surface area (Å²) in [7, 11) is 0. The van der Waals surface area contributed by atoms with E-state index in [0.29, 0.717) is 33.5 Å². The molecule has 2 amide bonds. The Morgan fingerprint density at radius 2 is 1.63 bits per heavy atom. The standard InChI is InChI=1S/C19H20Cl2FN3O2/c1-3-25(10-17(26)23-13-8-7-12(2)16(22)9-13)11-18(27)24-19-14(20)5-4-6-15(19)21/h4-9H,3,10-11H2,1-2H3,(H,23,26)(H,24,27). The van der Waals surface area contributed by atoms with Crippen LogP contribution >= 0.6 is 23.2 Å². The summed E-state index contributed by atoms with van der Waals surface area (Å²) in [5.74, 6) is -1.08. The van der Waals surface area contributed by atoms with Crippen LogP contribution in [0.2, 0.25) is 10.0 Å². The summed E-state index contributed by atoms with van der Waals surface area (Å²) in [6.45, 7) is 3.90. The van der Waals surface area contributed by atoms with Crippen molar-refractivity contribution in [2.75, 3.05) is 30.3 Å². The average molecular weight is 412 g/mol. The van der Waals surface area contributed by atoms with Gasteiger partial charge in [0.1, 0.15) is 5.82 Å². The number of nitrogens with zero attached hydrogens (tertiary/aromatic N) is 1. The molecular weight excluding hydrogens is 392 g/mol. The molecular formula is C19H20Cl2FN3O2. The van der Waals surface area contributed by atoms with Crippen molar-refractivity contribution in [1.29, 1.82) is 0 Å². The lowest BCUT2D eigenvalue weighted by Gasteiger charge is -2.20. The van der Waals surface area contributed by atoms with Gasteiger partial charge in [-0.2, -0.15) is 0 Å². The number of para-hydroxylation sites is 1. The summed E-state index contributed by atoms with van der Waals surface area (Å²) < 4.78 is 13.6. The van der Waals surface area contributed by atoms with Gasteiger partial charge in [-0.1, -0.05) is 42.3 Å². The third-order valence-corrected chi connectivity index (χ3v) is 4.49. The number of rotatable bonds is 7. The van der Waals surface area contributed by atoms with Crippen LogP contribution in [0.1, 0.15) is 12.5 Å². The fourth-order valence-corrected chi connectivity index (χ4v) is 2.84. The highest BCUT2D eigenvalue weighted by Crippen LogP contribution is 2.29. The van der Waals surface area contributed by atoms with E-state index >= 15 is 0 Å². The maximum Gasteiger partial charge on any atom is 0.238 e. The molecule has 0 spiro atoms. The molecule has 2 N–H and O–H groups in total. The highest BCUT2D eigenvalue weighted by atomic mass is 35.5.